The molecule has 0 aliphatic carbocycles. The fraction of sp³-hybridized carbons (Fsp3) is 0.500. The minimum absolute atomic E-state index is 0.00398. The molecule has 0 heterocycles. The predicted molar refractivity (Wildman–Crippen MR) is 79.7 cm³/mol. The molecule has 0 aromatic heterocycles. The summed E-state index contributed by atoms with van der Waals surface area (Å²) in [4.78, 5) is 35.4. The summed E-state index contributed by atoms with van der Waals surface area (Å²) in [5, 5.41) is 2.28. The highest BCUT2D eigenvalue weighted by Crippen LogP contribution is 2.11. The highest BCUT2D eigenvalue weighted by Gasteiger charge is 2.21. The third kappa shape index (κ3) is 5.53. The molecule has 0 saturated heterocycles. The van der Waals surface area contributed by atoms with E-state index in [-0.39, 0.29) is 23.1 Å². The summed E-state index contributed by atoms with van der Waals surface area (Å²) in [5.41, 5.74) is 5.65. The third-order valence-corrected chi connectivity index (χ3v) is 3.05. The molecule has 0 fully saturated rings. The zero-order valence-corrected chi connectivity index (χ0v) is 12.5. The van der Waals surface area contributed by atoms with Gasteiger partial charge in [-0.3, -0.25) is 14.4 Å². The van der Waals surface area contributed by atoms with Crippen LogP contribution < -0.4 is 10.9 Å². The second-order valence-electron chi connectivity index (χ2n) is 4.52. The number of rotatable bonds is 8. The van der Waals surface area contributed by atoms with E-state index in [4.69, 9.17) is 5.64 Å². The van der Waals surface area contributed by atoms with Gasteiger partial charge in [0, 0.05) is 12.3 Å². The van der Waals surface area contributed by atoms with Crippen molar-refractivity contribution in [2.24, 2.45) is 11.6 Å². The number of hydrogen-bond donors (Lipinski definition) is 2. The average Bonchev–Trinajstić information content (AvgIpc) is 2.45. The number of hydrogen-bond acceptors (Lipinski definition) is 4. The second-order valence-corrected chi connectivity index (χ2v) is 4.52. The van der Waals surface area contributed by atoms with Crippen molar-refractivity contribution in [2.45, 2.75) is 40.5 Å². The van der Waals surface area contributed by atoms with Gasteiger partial charge in [-0.2, -0.15) is 0 Å². The van der Waals surface area contributed by atoms with Crippen LogP contribution in [0.15, 0.2) is 23.3 Å². The van der Waals surface area contributed by atoms with Crippen molar-refractivity contribution >= 4 is 25.0 Å². The van der Waals surface area contributed by atoms with Crippen molar-refractivity contribution in [1.82, 2.24) is 5.23 Å². The maximum absolute atomic E-state index is 12.1. The Morgan fingerprint density at radius 3 is 2.30 bits per heavy atom. The highest BCUT2D eigenvalue weighted by atomic mass is 16.2. The van der Waals surface area contributed by atoms with E-state index in [1.165, 1.54) is 12.2 Å². The molecule has 1 radical (unpaired) electrons. The minimum atomic E-state index is -0.564. The maximum atomic E-state index is 12.1. The lowest BCUT2D eigenvalue weighted by molar-refractivity contribution is -0.123. The Morgan fingerprint density at radius 1 is 1.25 bits per heavy atom. The normalized spacial score (nSPS) is 13.7. The molecular weight excluding hydrogens is 255 g/mol. The number of carbonyl (C=O) groups is 3. The molecular formula is C14H22BN2O3. The fourth-order valence-electron chi connectivity index (χ4n) is 1.45. The van der Waals surface area contributed by atoms with Crippen molar-refractivity contribution in [2.75, 3.05) is 0 Å². The first-order valence-corrected chi connectivity index (χ1v) is 6.69. The summed E-state index contributed by atoms with van der Waals surface area (Å²) in [6.45, 7) is 7.03. The molecule has 1 unspecified atom stereocenters. The standard InChI is InChI=1S/C14H22BN2O3/c1-5-9(3)13(19)11(14(20)17-15-16)8-7-10(4)12(18)6-2/h7-9H,5-6,16H2,1-4H3,(H,17,20)/b10-7+,11-8+. The first kappa shape index (κ1) is 18.3. The van der Waals surface area contributed by atoms with Crippen molar-refractivity contribution in [1.29, 1.82) is 0 Å². The molecule has 0 saturated carbocycles. The van der Waals surface area contributed by atoms with Gasteiger partial charge in [-0.05, 0) is 25.0 Å². The van der Waals surface area contributed by atoms with Crippen LogP contribution in [0.4, 0.5) is 0 Å². The van der Waals surface area contributed by atoms with Crippen LogP contribution in [0.25, 0.3) is 0 Å². The number of nitrogens with two attached hydrogens (primary N) is 1. The van der Waals surface area contributed by atoms with Gasteiger partial charge >= 0.3 is 7.55 Å². The van der Waals surface area contributed by atoms with E-state index in [0.29, 0.717) is 18.4 Å². The van der Waals surface area contributed by atoms with E-state index in [1.807, 2.05) is 6.92 Å². The van der Waals surface area contributed by atoms with E-state index >= 15 is 0 Å². The van der Waals surface area contributed by atoms with E-state index in [2.05, 4.69) is 5.23 Å². The van der Waals surface area contributed by atoms with Gasteiger partial charge in [0.2, 0.25) is 5.91 Å². The smallest absolute Gasteiger partial charge is 0.345 e. The molecule has 5 nitrogen and oxygen atoms in total. The van der Waals surface area contributed by atoms with Crippen molar-refractivity contribution < 1.29 is 14.4 Å². The Kier molecular flexibility index (Phi) is 8.48. The SMILES string of the molecule is CCC(=O)/C(C)=C/C=C(/C(=O)N[B]N)C(=O)C(C)CC. The van der Waals surface area contributed by atoms with Gasteiger partial charge in [0.25, 0.3) is 0 Å². The van der Waals surface area contributed by atoms with Crippen molar-refractivity contribution in [3.8, 4) is 0 Å². The van der Waals surface area contributed by atoms with Crippen LogP contribution in [0.3, 0.4) is 0 Å². The average molecular weight is 277 g/mol. The van der Waals surface area contributed by atoms with Gasteiger partial charge in [-0.1, -0.05) is 26.8 Å². The van der Waals surface area contributed by atoms with Gasteiger partial charge < -0.3 is 10.9 Å². The summed E-state index contributed by atoms with van der Waals surface area (Å²) in [6.07, 6.45) is 3.90. The van der Waals surface area contributed by atoms with Crippen LogP contribution in [0.5, 0.6) is 0 Å². The zero-order chi connectivity index (χ0) is 15.7. The maximum Gasteiger partial charge on any atom is 0.345 e. The lowest BCUT2D eigenvalue weighted by atomic mass is 9.95. The Labute approximate surface area is 121 Å². The number of allylic oxidation sites excluding steroid dienone is 3. The molecule has 3 N–H and O–H groups in total. The molecule has 1 atom stereocenters. The number of amides is 1. The van der Waals surface area contributed by atoms with Crippen molar-refractivity contribution in [3.63, 3.8) is 0 Å². The van der Waals surface area contributed by atoms with E-state index in [9.17, 15) is 14.4 Å². The van der Waals surface area contributed by atoms with Gasteiger partial charge in [0.1, 0.15) is 0 Å². The first-order chi connectivity index (χ1) is 9.38. The zero-order valence-electron chi connectivity index (χ0n) is 12.5. The monoisotopic (exact) mass is 277 g/mol. The predicted octanol–water partition coefficient (Wildman–Crippen LogP) is 1.06. The molecule has 20 heavy (non-hydrogen) atoms. The molecule has 6 heteroatoms. The van der Waals surface area contributed by atoms with Crippen LogP contribution >= 0.6 is 0 Å². The molecule has 1 amide bonds. The Hall–Kier alpha value is -1.69. The molecule has 0 bridgehead atoms. The van der Waals surface area contributed by atoms with E-state index in [0.717, 1.165) is 7.55 Å². The van der Waals surface area contributed by atoms with E-state index < -0.39 is 5.91 Å². The Morgan fingerprint density at radius 2 is 1.85 bits per heavy atom. The first-order valence-electron chi connectivity index (χ1n) is 6.69. The summed E-state index contributed by atoms with van der Waals surface area (Å²) < 4.78 is 0. The largest absolute Gasteiger partial charge is 0.384 e. The van der Waals surface area contributed by atoms with Crippen molar-refractivity contribution in [3.05, 3.63) is 23.3 Å². The number of carbonyl (C=O) groups excluding carboxylic acids is 3. The molecule has 0 rings (SSSR count). The number of ketones is 2. The van der Waals surface area contributed by atoms with Crippen LogP contribution in [0.1, 0.15) is 40.5 Å². The van der Waals surface area contributed by atoms with Gasteiger partial charge in [-0.15, -0.1) is 0 Å². The summed E-state index contributed by atoms with van der Waals surface area (Å²) >= 11 is 0. The lowest BCUT2D eigenvalue weighted by Crippen LogP contribution is -2.37. The number of Topliss-reactive ketones (excluding diaryl/α,β-unsaturated/α-hetero) is 2. The van der Waals surface area contributed by atoms with Crippen LogP contribution in [-0.4, -0.2) is 25.0 Å². The summed E-state index contributed by atoms with van der Waals surface area (Å²) in [7, 11) is 0.980. The van der Waals surface area contributed by atoms with Gasteiger partial charge in [0.15, 0.2) is 11.6 Å². The topological polar surface area (TPSA) is 89.3 Å². The van der Waals surface area contributed by atoms with Gasteiger partial charge in [-0.25, -0.2) is 0 Å². The van der Waals surface area contributed by atoms with Crippen LogP contribution in [-0.2, 0) is 14.4 Å². The molecule has 0 aromatic rings. The summed E-state index contributed by atoms with van der Waals surface area (Å²) in [5.74, 6) is -1.12. The minimum Gasteiger partial charge on any atom is -0.384 e. The molecule has 0 aliphatic heterocycles. The van der Waals surface area contributed by atoms with Gasteiger partial charge in [0.05, 0.1) is 5.57 Å². The van der Waals surface area contributed by atoms with Crippen LogP contribution in [0.2, 0.25) is 0 Å². The molecule has 109 valence electrons. The highest BCUT2D eigenvalue weighted by molar-refractivity contribution is 6.37. The van der Waals surface area contributed by atoms with Crippen LogP contribution in [0, 0.1) is 5.92 Å². The Bertz CT molecular complexity index is 442. The van der Waals surface area contributed by atoms with E-state index in [1.54, 1.807) is 20.8 Å². The summed E-state index contributed by atoms with van der Waals surface area (Å²) in [6, 6.07) is 0. The quantitative estimate of drug-likeness (QED) is 0.228. The third-order valence-electron chi connectivity index (χ3n) is 3.05. The molecule has 0 aromatic carbocycles. The Balaban J connectivity index is 5.37. The molecule has 0 spiro atoms. The fourth-order valence-corrected chi connectivity index (χ4v) is 1.45. The second kappa shape index (κ2) is 9.26. The number of nitrogens with one attached hydrogen (secondary N) is 1. The lowest BCUT2D eigenvalue weighted by Gasteiger charge is -2.10. The molecule has 0 aliphatic rings.